The molecule has 0 atom stereocenters. The van der Waals surface area contributed by atoms with E-state index in [0.717, 1.165) is 36.5 Å². The van der Waals surface area contributed by atoms with Crippen LogP contribution in [0.4, 0.5) is 5.82 Å². The van der Waals surface area contributed by atoms with Gasteiger partial charge in [0, 0.05) is 13.1 Å². The van der Waals surface area contributed by atoms with Crippen molar-refractivity contribution in [3.8, 4) is 5.69 Å². The van der Waals surface area contributed by atoms with Gasteiger partial charge in [0.1, 0.15) is 5.82 Å². The Morgan fingerprint density at radius 1 is 1.14 bits per heavy atom. The number of hydroxylamine groups is 1. The molecule has 2 aromatic heterocycles. The fraction of sp³-hybridized carbons (Fsp3) is 0.263. The molecule has 0 bridgehead atoms. The third kappa shape index (κ3) is 2.60. The molecule has 0 radical (unpaired) electrons. The number of halogens is 1. The van der Waals surface area contributed by atoms with Crippen LogP contribution in [0.15, 0.2) is 41.2 Å². The molecule has 1 aromatic carbocycles. The van der Waals surface area contributed by atoms with E-state index in [0.29, 0.717) is 33.5 Å². The van der Waals surface area contributed by atoms with Gasteiger partial charge in [-0.1, -0.05) is 23.7 Å². The second-order valence-electron chi connectivity index (χ2n) is 6.88. The fourth-order valence-electron chi connectivity index (χ4n) is 3.84. The van der Waals surface area contributed by atoms with Crippen LogP contribution >= 0.6 is 11.6 Å². The lowest BCUT2D eigenvalue weighted by Crippen LogP contribution is -2.24. The molecule has 1 fully saturated rings. The van der Waals surface area contributed by atoms with E-state index in [1.54, 1.807) is 12.1 Å². The van der Waals surface area contributed by atoms with Crippen molar-refractivity contribution in [3.05, 3.63) is 74.2 Å². The van der Waals surface area contributed by atoms with Gasteiger partial charge in [-0.25, -0.2) is 19.4 Å². The molecule has 5 rings (SSSR count). The highest BCUT2D eigenvalue weighted by atomic mass is 35.5. The predicted octanol–water partition coefficient (Wildman–Crippen LogP) is 2.07. The number of hydrogen-bond acceptors (Lipinski definition) is 5. The number of nitrogens with one attached hydrogen (secondary N) is 1. The fourth-order valence-corrected chi connectivity index (χ4v) is 4.07. The summed E-state index contributed by atoms with van der Waals surface area (Å²) in [5.41, 5.74) is 1.46. The largest absolute Gasteiger partial charge is 0.623 e. The van der Waals surface area contributed by atoms with E-state index in [4.69, 9.17) is 16.6 Å². The summed E-state index contributed by atoms with van der Waals surface area (Å²) in [6.07, 6.45) is 2.22. The number of nitrogens with zero attached hydrogens (tertiary/aromatic N) is 5. The molecule has 2 aliphatic rings. The third-order valence-corrected chi connectivity index (χ3v) is 5.49. The second-order valence-corrected chi connectivity index (χ2v) is 7.28. The first-order valence-electron chi connectivity index (χ1n) is 9.13. The summed E-state index contributed by atoms with van der Waals surface area (Å²) in [5.74, 6) is 1.12. The van der Waals surface area contributed by atoms with E-state index in [9.17, 15) is 10.0 Å². The number of rotatable bonds is 2. The number of fused-ring (bicyclic) bond motifs is 3. The molecule has 2 aliphatic heterocycles. The molecular weight excluding hydrogens is 380 g/mol. The Morgan fingerprint density at radius 2 is 1.93 bits per heavy atom. The lowest BCUT2D eigenvalue weighted by Gasteiger charge is -2.18. The minimum atomic E-state index is -0.402. The average Bonchev–Trinajstić information content (AvgIpc) is 3.32. The quantitative estimate of drug-likeness (QED) is 0.528. The minimum Gasteiger partial charge on any atom is -0.623 e. The Labute approximate surface area is 165 Å². The van der Waals surface area contributed by atoms with Crippen LogP contribution in [0, 0.1) is 5.21 Å². The minimum absolute atomic E-state index is 0.0886. The molecule has 0 amide bonds. The number of H-pyrrole nitrogens is 1. The molecule has 1 saturated heterocycles. The highest BCUT2D eigenvalue weighted by Crippen LogP contribution is 2.28. The highest BCUT2D eigenvalue weighted by molar-refractivity contribution is 6.35. The van der Waals surface area contributed by atoms with E-state index in [1.165, 1.54) is 4.57 Å². The van der Waals surface area contributed by atoms with Crippen molar-refractivity contribution in [3.63, 3.8) is 0 Å². The highest BCUT2D eigenvalue weighted by Gasteiger charge is 2.32. The summed E-state index contributed by atoms with van der Waals surface area (Å²) < 4.78 is 2.21. The molecule has 0 aliphatic carbocycles. The first-order chi connectivity index (χ1) is 13.6. The number of pyridine rings is 1. The maximum absolute atomic E-state index is 13.1. The van der Waals surface area contributed by atoms with Crippen molar-refractivity contribution < 1.29 is 4.74 Å². The van der Waals surface area contributed by atoms with Gasteiger partial charge in [-0.05, 0) is 37.1 Å². The molecule has 1 N–H and O–H groups in total. The molecule has 3 aromatic rings. The van der Waals surface area contributed by atoms with Crippen LogP contribution in [0.5, 0.6) is 0 Å². The smallest absolute Gasteiger partial charge is 0.348 e. The lowest BCUT2D eigenvalue weighted by molar-refractivity contribution is -0.475. The molecule has 4 heterocycles. The van der Waals surface area contributed by atoms with Gasteiger partial charge in [0.25, 0.3) is 0 Å². The lowest BCUT2D eigenvalue weighted by atomic mass is 10.0. The van der Waals surface area contributed by atoms with Crippen LogP contribution in [0.25, 0.3) is 5.69 Å². The van der Waals surface area contributed by atoms with Crippen molar-refractivity contribution >= 4 is 23.1 Å². The predicted molar refractivity (Wildman–Crippen MR) is 105 cm³/mol. The zero-order valence-corrected chi connectivity index (χ0v) is 15.7. The van der Waals surface area contributed by atoms with Gasteiger partial charge in [-0.15, -0.1) is 0 Å². The van der Waals surface area contributed by atoms with Crippen molar-refractivity contribution in [2.24, 2.45) is 0 Å². The van der Waals surface area contributed by atoms with E-state index in [1.807, 2.05) is 24.3 Å². The van der Waals surface area contributed by atoms with Crippen molar-refractivity contribution in [2.75, 3.05) is 18.0 Å². The average molecular weight is 397 g/mol. The van der Waals surface area contributed by atoms with Gasteiger partial charge in [0.05, 0.1) is 16.3 Å². The van der Waals surface area contributed by atoms with Crippen molar-refractivity contribution in [2.45, 2.75) is 19.4 Å². The standard InChI is InChI=1S/C19H17ClN6O2/c20-13-6-2-1-5-12(13)18-17-14(7-8-15(21-17)24-9-3-4-10-24)26-16(11-25(18)28)22-23-19(26)27/h1-2,5-8H,3-4,9-11H2,(H,23,27). The summed E-state index contributed by atoms with van der Waals surface area (Å²) in [6.45, 7) is 1.76. The van der Waals surface area contributed by atoms with Crippen LogP contribution in [0.3, 0.4) is 0 Å². The monoisotopic (exact) mass is 396 g/mol. The van der Waals surface area contributed by atoms with Gasteiger partial charge >= 0.3 is 5.69 Å². The van der Waals surface area contributed by atoms with Crippen molar-refractivity contribution in [1.29, 1.82) is 0 Å². The SMILES string of the molecule is O=c1[nH]nc2n1-c1ccc(N3CCCC3)nc1C(c1ccccc1Cl)=[N+]([O-])C2. The summed E-state index contributed by atoms with van der Waals surface area (Å²) in [6, 6.07) is 10.9. The number of benzene rings is 1. The first kappa shape index (κ1) is 17.0. The molecule has 9 heteroatoms. The van der Waals surface area contributed by atoms with Gasteiger partial charge in [-0.3, -0.25) is 0 Å². The Balaban J connectivity index is 1.80. The number of aromatic nitrogens is 4. The van der Waals surface area contributed by atoms with Gasteiger partial charge < -0.3 is 10.1 Å². The van der Waals surface area contributed by atoms with E-state index in [-0.39, 0.29) is 6.54 Å². The normalized spacial score (nSPS) is 16.1. The van der Waals surface area contributed by atoms with E-state index in [2.05, 4.69) is 15.1 Å². The summed E-state index contributed by atoms with van der Waals surface area (Å²) in [5, 5.41) is 20.0. The number of anilines is 1. The van der Waals surface area contributed by atoms with Gasteiger partial charge in [-0.2, -0.15) is 9.84 Å². The van der Waals surface area contributed by atoms with Gasteiger partial charge in [0.15, 0.2) is 5.69 Å². The summed E-state index contributed by atoms with van der Waals surface area (Å²) in [4.78, 5) is 19.4. The summed E-state index contributed by atoms with van der Waals surface area (Å²) >= 11 is 6.41. The molecule has 0 spiro atoms. The molecule has 0 saturated carbocycles. The Kier molecular flexibility index (Phi) is 3.94. The number of aromatic amines is 1. The van der Waals surface area contributed by atoms with Crippen LogP contribution < -0.4 is 10.6 Å². The van der Waals surface area contributed by atoms with E-state index < -0.39 is 5.69 Å². The molecule has 142 valence electrons. The maximum atomic E-state index is 13.1. The molecule has 8 nitrogen and oxygen atoms in total. The van der Waals surface area contributed by atoms with Crippen LogP contribution in [-0.2, 0) is 6.54 Å². The van der Waals surface area contributed by atoms with Crippen LogP contribution in [-0.4, -0.2) is 43.3 Å². The Bertz CT molecular complexity index is 1160. The Morgan fingerprint density at radius 3 is 2.71 bits per heavy atom. The molecular formula is C19H17ClN6O2. The summed E-state index contributed by atoms with van der Waals surface area (Å²) in [7, 11) is 0. The maximum Gasteiger partial charge on any atom is 0.348 e. The van der Waals surface area contributed by atoms with Crippen molar-refractivity contribution in [1.82, 2.24) is 19.7 Å². The third-order valence-electron chi connectivity index (χ3n) is 5.16. The zero-order valence-electron chi connectivity index (χ0n) is 14.9. The van der Waals surface area contributed by atoms with Gasteiger partial charge in [0.2, 0.25) is 18.1 Å². The van der Waals surface area contributed by atoms with Crippen LogP contribution in [0.2, 0.25) is 5.02 Å². The second kappa shape index (κ2) is 6.49. The topological polar surface area (TPSA) is 92.9 Å². The van der Waals surface area contributed by atoms with E-state index >= 15 is 0 Å². The Hall–Kier alpha value is -3.13. The first-order valence-corrected chi connectivity index (χ1v) is 9.51. The molecule has 0 unspecified atom stereocenters. The zero-order chi connectivity index (χ0) is 19.3. The number of hydrogen-bond donors (Lipinski definition) is 1. The molecule has 28 heavy (non-hydrogen) atoms. The van der Waals surface area contributed by atoms with Crippen LogP contribution in [0.1, 0.15) is 29.9 Å².